The summed E-state index contributed by atoms with van der Waals surface area (Å²) in [6.07, 6.45) is 1.78. The minimum atomic E-state index is -0.417. The Hall–Kier alpha value is -0.550. The molecule has 5 heteroatoms. The molecule has 16 heavy (non-hydrogen) atoms. The van der Waals surface area contributed by atoms with Gasteiger partial charge in [0.05, 0.1) is 10.5 Å². The molecular formula is C11H11Br2FO2. The summed E-state index contributed by atoms with van der Waals surface area (Å²) in [6, 6.07) is 3.04. The SMILES string of the molecule is COc1c(C)cc(OCC=C(Br)Br)cc1F. The van der Waals surface area contributed by atoms with Crippen molar-refractivity contribution < 1.29 is 13.9 Å². The van der Waals surface area contributed by atoms with Gasteiger partial charge >= 0.3 is 0 Å². The van der Waals surface area contributed by atoms with Crippen LogP contribution in [0.25, 0.3) is 0 Å². The van der Waals surface area contributed by atoms with Crippen molar-refractivity contribution in [3.8, 4) is 11.5 Å². The molecule has 0 N–H and O–H groups in total. The van der Waals surface area contributed by atoms with Crippen molar-refractivity contribution in [2.75, 3.05) is 13.7 Å². The topological polar surface area (TPSA) is 18.5 Å². The van der Waals surface area contributed by atoms with E-state index in [9.17, 15) is 4.39 Å². The standard InChI is InChI=1S/C11H11Br2FO2/c1-7-5-8(16-4-3-10(12)13)6-9(14)11(7)15-2/h3,5-6H,4H2,1-2H3. The molecule has 0 unspecified atom stereocenters. The van der Waals surface area contributed by atoms with Crippen LogP contribution in [0, 0.1) is 12.7 Å². The molecular weight excluding hydrogens is 343 g/mol. The normalized spacial score (nSPS) is 9.81. The van der Waals surface area contributed by atoms with Gasteiger partial charge in [-0.25, -0.2) is 4.39 Å². The Morgan fingerprint density at radius 1 is 1.44 bits per heavy atom. The van der Waals surface area contributed by atoms with E-state index in [4.69, 9.17) is 9.47 Å². The second-order valence-corrected chi connectivity index (χ2v) is 5.83. The van der Waals surface area contributed by atoms with Crippen LogP contribution in [0.15, 0.2) is 21.6 Å². The number of ether oxygens (including phenoxy) is 2. The molecule has 0 radical (unpaired) electrons. The zero-order valence-electron chi connectivity index (χ0n) is 8.89. The molecule has 0 atom stereocenters. The van der Waals surface area contributed by atoms with Crippen LogP contribution in [0.3, 0.4) is 0 Å². The molecule has 88 valence electrons. The fourth-order valence-electron chi connectivity index (χ4n) is 1.24. The van der Waals surface area contributed by atoms with Crippen molar-refractivity contribution in [3.05, 3.63) is 33.0 Å². The van der Waals surface area contributed by atoms with Gasteiger partial charge in [-0.15, -0.1) is 0 Å². The third-order valence-electron chi connectivity index (χ3n) is 1.89. The minimum absolute atomic E-state index is 0.254. The number of aryl methyl sites for hydroxylation is 1. The summed E-state index contributed by atoms with van der Waals surface area (Å²) in [5.74, 6) is 0.317. The molecule has 1 aromatic rings. The van der Waals surface area contributed by atoms with E-state index in [0.717, 1.165) is 3.39 Å². The summed E-state index contributed by atoms with van der Waals surface area (Å²) in [7, 11) is 1.44. The molecule has 0 saturated carbocycles. The molecule has 1 rings (SSSR count). The number of rotatable bonds is 4. The Bertz CT molecular complexity index is 378. The second kappa shape index (κ2) is 6.25. The first-order valence-electron chi connectivity index (χ1n) is 4.52. The Morgan fingerprint density at radius 2 is 2.12 bits per heavy atom. The van der Waals surface area contributed by atoms with Crippen LogP contribution in [-0.4, -0.2) is 13.7 Å². The number of hydrogen-bond acceptors (Lipinski definition) is 2. The lowest BCUT2D eigenvalue weighted by molar-refractivity contribution is 0.351. The molecule has 0 aromatic heterocycles. The monoisotopic (exact) mass is 352 g/mol. The van der Waals surface area contributed by atoms with E-state index in [1.165, 1.54) is 13.2 Å². The Morgan fingerprint density at radius 3 is 2.62 bits per heavy atom. The van der Waals surface area contributed by atoms with E-state index >= 15 is 0 Å². The molecule has 0 amide bonds. The highest BCUT2D eigenvalue weighted by Crippen LogP contribution is 2.27. The lowest BCUT2D eigenvalue weighted by Crippen LogP contribution is -1.97. The first-order chi connectivity index (χ1) is 7.54. The van der Waals surface area contributed by atoms with Crippen LogP contribution < -0.4 is 9.47 Å². The Kier molecular flexibility index (Phi) is 5.28. The average Bonchev–Trinajstić information content (AvgIpc) is 2.16. The van der Waals surface area contributed by atoms with Gasteiger partial charge in [0.1, 0.15) is 12.4 Å². The lowest BCUT2D eigenvalue weighted by Gasteiger charge is -2.09. The highest BCUT2D eigenvalue weighted by molar-refractivity contribution is 9.28. The zero-order valence-corrected chi connectivity index (χ0v) is 12.1. The smallest absolute Gasteiger partial charge is 0.169 e. The summed E-state index contributed by atoms with van der Waals surface area (Å²) >= 11 is 6.41. The van der Waals surface area contributed by atoms with Gasteiger partial charge in [-0.2, -0.15) is 0 Å². The van der Waals surface area contributed by atoms with Crippen LogP contribution >= 0.6 is 31.9 Å². The summed E-state index contributed by atoms with van der Waals surface area (Å²) < 4.78 is 24.5. The van der Waals surface area contributed by atoms with Gasteiger partial charge in [-0.1, -0.05) is 0 Å². The van der Waals surface area contributed by atoms with Crippen molar-refractivity contribution in [3.63, 3.8) is 0 Å². The van der Waals surface area contributed by atoms with Crippen molar-refractivity contribution >= 4 is 31.9 Å². The first-order valence-corrected chi connectivity index (χ1v) is 6.11. The van der Waals surface area contributed by atoms with Crippen LogP contribution in [0.1, 0.15) is 5.56 Å². The van der Waals surface area contributed by atoms with Gasteiger partial charge in [0.15, 0.2) is 11.6 Å². The largest absolute Gasteiger partial charge is 0.493 e. The summed E-state index contributed by atoms with van der Waals surface area (Å²) in [6.45, 7) is 2.13. The van der Waals surface area contributed by atoms with E-state index in [1.54, 1.807) is 19.1 Å². The maximum Gasteiger partial charge on any atom is 0.169 e. The number of benzene rings is 1. The van der Waals surface area contributed by atoms with Crippen LogP contribution in [0.4, 0.5) is 4.39 Å². The summed E-state index contributed by atoms with van der Waals surface area (Å²) in [5.41, 5.74) is 0.708. The predicted octanol–water partition coefficient (Wildman–Crippen LogP) is 4.15. The van der Waals surface area contributed by atoms with Gasteiger partial charge in [0.2, 0.25) is 0 Å². The number of halogens is 3. The fraction of sp³-hybridized carbons (Fsp3) is 0.273. The van der Waals surface area contributed by atoms with Gasteiger partial charge in [0, 0.05) is 6.07 Å². The number of hydrogen-bond donors (Lipinski definition) is 0. The predicted molar refractivity (Wildman–Crippen MR) is 69.1 cm³/mol. The Labute approximate surface area is 111 Å². The van der Waals surface area contributed by atoms with Gasteiger partial charge in [0.25, 0.3) is 0 Å². The maximum atomic E-state index is 13.5. The van der Waals surface area contributed by atoms with E-state index < -0.39 is 5.82 Å². The molecule has 2 nitrogen and oxygen atoms in total. The maximum absolute atomic E-state index is 13.5. The third-order valence-corrected chi connectivity index (χ3v) is 2.54. The van der Waals surface area contributed by atoms with E-state index in [-0.39, 0.29) is 5.75 Å². The molecule has 0 aliphatic rings. The van der Waals surface area contributed by atoms with Gasteiger partial charge in [-0.3, -0.25) is 0 Å². The van der Waals surface area contributed by atoms with E-state index in [1.807, 2.05) is 0 Å². The molecule has 0 saturated heterocycles. The third kappa shape index (κ3) is 3.79. The summed E-state index contributed by atoms with van der Waals surface area (Å²) in [4.78, 5) is 0. The molecule has 0 bridgehead atoms. The lowest BCUT2D eigenvalue weighted by atomic mass is 10.2. The van der Waals surface area contributed by atoms with Crippen molar-refractivity contribution in [1.82, 2.24) is 0 Å². The zero-order chi connectivity index (χ0) is 12.1. The number of methoxy groups -OCH3 is 1. The molecule has 1 aromatic carbocycles. The van der Waals surface area contributed by atoms with Crippen molar-refractivity contribution in [2.45, 2.75) is 6.92 Å². The second-order valence-electron chi connectivity index (χ2n) is 3.06. The highest BCUT2D eigenvalue weighted by Gasteiger charge is 2.08. The van der Waals surface area contributed by atoms with Gasteiger partial charge < -0.3 is 9.47 Å². The van der Waals surface area contributed by atoms with Crippen LogP contribution in [0.2, 0.25) is 0 Å². The quantitative estimate of drug-likeness (QED) is 0.809. The van der Waals surface area contributed by atoms with E-state index in [0.29, 0.717) is 17.9 Å². The summed E-state index contributed by atoms with van der Waals surface area (Å²) in [5, 5.41) is 0. The van der Waals surface area contributed by atoms with Crippen LogP contribution in [-0.2, 0) is 0 Å². The molecule has 0 heterocycles. The molecule has 0 aliphatic heterocycles. The van der Waals surface area contributed by atoms with Crippen molar-refractivity contribution in [1.29, 1.82) is 0 Å². The van der Waals surface area contributed by atoms with E-state index in [2.05, 4.69) is 31.9 Å². The molecule has 0 spiro atoms. The molecule has 0 fully saturated rings. The minimum Gasteiger partial charge on any atom is -0.493 e. The molecule has 0 aliphatic carbocycles. The fourth-order valence-corrected chi connectivity index (χ4v) is 1.51. The van der Waals surface area contributed by atoms with Crippen molar-refractivity contribution in [2.24, 2.45) is 0 Å². The van der Waals surface area contributed by atoms with Gasteiger partial charge in [-0.05, 0) is 56.5 Å². The van der Waals surface area contributed by atoms with Crippen LogP contribution in [0.5, 0.6) is 11.5 Å². The first kappa shape index (κ1) is 13.5. The highest BCUT2D eigenvalue weighted by atomic mass is 79.9. The Balaban J connectivity index is 2.80. The average molecular weight is 354 g/mol.